The molecule has 108 valence electrons. The van der Waals surface area contributed by atoms with Crippen LogP contribution in [-0.2, 0) is 0 Å². The number of nitrogens with zero attached hydrogens (tertiary/aromatic N) is 1. The molecular weight excluding hydrogens is 292 g/mol. The molecule has 0 bridgehead atoms. The van der Waals surface area contributed by atoms with Gasteiger partial charge in [-0.3, -0.25) is 4.90 Å². The molecule has 2 aromatic rings. The zero-order chi connectivity index (χ0) is 15.4. The molecule has 2 aromatic carbocycles. The standard InChI is InChI=1S/C15H13ClN2O3/c1-18(13-8-2-10(3-9-13)14(19)20)15(21)17-12-6-4-11(16)5-7-12/h2-9H,1H3,(H,17,21)(H,19,20). The van der Waals surface area contributed by atoms with Crippen LogP contribution in [0.4, 0.5) is 16.2 Å². The van der Waals surface area contributed by atoms with Gasteiger partial charge in [0.2, 0.25) is 0 Å². The molecule has 0 aliphatic heterocycles. The summed E-state index contributed by atoms with van der Waals surface area (Å²) in [7, 11) is 1.60. The summed E-state index contributed by atoms with van der Waals surface area (Å²) in [5, 5.41) is 12.1. The Morgan fingerprint density at radius 3 is 2.14 bits per heavy atom. The van der Waals surface area contributed by atoms with Crippen LogP contribution >= 0.6 is 11.6 Å². The largest absolute Gasteiger partial charge is 0.478 e. The van der Waals surface area contributed by atoms with Crippen molar-refractivity contribution >= 4 is 35.0 Å². The van der Waals surface area contributed by atoms with Gasteiger partial charge in [0, 0.05) is 23.4 Å². The number of nitrogens with one attached hydrogen (secondary N) is 1. The number of anilines is 2. The molecule has 0 radical (unpaired) electrons. The lowest BCUT2D eigenvalue weighted by atomic mass is 10.2. The van der Waals surface area contributed by atoms with E-state index in [9.17, 15) is 9.59 Å². The molecule has 0 atom stereocenters. The number of hydrogen-bond donors (Lipinski definition) is 2. The average Bonchev–Trinajstić information content (AvgIpc) is 2.49. The van der Waals surface area contributed by atoms with Crippen molar-refractivity contribution in [2.75, 3.05) is 17.3 Å². The molecule has 0 saturated heterocycles. The predicted octanol–water partition coefficient (Wildman–Crippen LogP) is 3.71. The first kappa shape index (κ1) is 14.9. The van der Waals surface area contributed by atoms with Gasteiger partial charge in [-0.1, -0.05) is 11.6 Å². The zero-order valence-electron chi connectivity index (χ0n) is 11.2. The maximum absolute atomic E-state index is 12.1. The third-order valence-corrected chi connectivity index (χ3v) is 3.15. The highest BCUT2D eigenvalue weighted by Gasteiger charge is 2.11. The van der Waals surface area contributed by atoms with Gasteiger partial charge in [-0.15, -0.1) is 0 Å². The summed E-state index contributed by atoms with van der Waals surface area (Å²) in [6.07, 6.45) is 0. The molecule has 0 aromatic heterocycles. The Balaban J connectivity index is 2.08. The van der Waals surface area contributed by atoms with E-state index in [0.717, 1.165) is 0 Å². The van der Waals surface area contributed by atoms with E-state index in [1.807, 2.05) is 0 Å². The molecular formula is C15H13ClN2O3. The van der Waals surface area contributed by atoms with Crippen LogP contribution < -0.4 is 10.2 Å². The van der Waals surface area contributed by atoms with E-state index in [1.54, 1.807) is 43.4 Å². The molecule has 0 heterocycles. The number of rotatable bonds is 3. The molecule has 0 unspecified atom stereocenters. The van der Waals surface area contributed by atoms with Gasteiger partial charge in [0.05, 0.1) is 5.56 Å². The van der Waals surface area contributed by atoms with Crippen LogP contribution in [-0.4, -0.2) is 24.2 Å². The van der Waals surface area contributed by atoms with Crippen LogP contribution in [0, 0.1) is 0 Å². The first-order chi connectivity index (χ1) is 9.97. The molecule has 2 rings (SSSR count). The SMILES string of the molecule is CN(C(=O)Nc1ccc(Cl)cc1)c1ccc(C(=O)O)cc1. The van der Waals surface area contributed by atoms with Crippen LogP contribution in [0.15, 0.2) is 48.5 Å². The molecule has 6 heteroatoms. The predicted molar refractivity (Wildman–Crippen MR) is 82.3 cm³/mol. The van der Waals surface area contributed by atoms with Gasteiger partial charge < -0.3 is 10.4 Å². The Bertz CT molecular complexity index is 654. The molecule has 0 spiro atoms. The maximum atomic E-state index is 12.1. The van der Waals surface area contributed by atoms with Gasteiger partial charge >= 0.3 is 12.0 Å². The Morgan fingerprint density at radius 1 is 1.05 bits per heavy atom. The summed E-state index contributed by atoms with van der Waals surface area (Å²) < 4.78 is 0. The highest BCUT2D eigenvalue weighted by molar-refractivity contribution is 6.30. The monoisotopic (exact) mass is 304 g/mol. The molecule has 2 amide bonds. The van der Waals surface area contributed by atoms with E-state index in [2.05, 4.69) is 5.32 Å². The van der Waals surface area contributed by atoms with E-state index in [-0.39, 0.29) is 11.6 Å². The Morgan fingerprint density at radius 2 is 1.62 bits per heavy atom. The first-order valence-electron chi connectivity index (χ1n) is 6.11. The molecule has 2 N–H and O–H groups in total. The van der Waals surface area contributed by atoms with Crippen LogP contribution in [0.25, 0.3) is 0 Å². The van der Waals surface area contributed by atoms with E-state index in [1.165, 1.54) is 17.0 Å². The summed E-state index contributed by atoms with van der Waals surface area (Å²) >= 11 is 5.78. The lowest BCUT2D eigenvalue weighted by Gasteiger charge is -2.18. The fraction of sp³-hybridized carbons (Fsp3) is 0.0667. The summed E-state index contributed by atoms with van der Waals surface area (Å²) in [5.41, 5.74) is 1.38. The minimum absolute atomic E-state index is 0.172. The fourth-order valence-electron chi connectivity index (χ4n) is 1.69. The maximum Gasteiger partial charge on any atom is 0.335 e. The van der Waals surface area contributed by atoms with E-state index >= 15 is 0 Å². The lowest BCUT2D eigenvalue weighted by molar-refractivity contribution is 0.0697. The van der Waals surface area contributed by atoms with Crippen LogP contribution in [0.3, 0.4) is 0 Å². The molecule has 0 aliphatic carbocycles. The Labute approximate surface area is 126 Å². The molecule has 5 nitrogen and oxygen atoms in total. The highest BCUT2D eigenvalue weighted by atomic mass is 35.5. The van der Waals surface area contributed by atoms with Gasteiger partial charge in [0.15, 0.2) is 0 Å². The number of urea groups is 1. The van der Waals surface area contributed by atoms with E-state index in [4.69, 9.17) is 16.7 Å². The minimum atomic E-state index is -1.00. The Kier molecular flexibility index (Phi) is 4.45. The van der Waals surface area contributed by atoms with Gasteiger partial charge in [-0.25, -0.2) is 9.59 Å². The van der Waals surface area contributed by atoms with E-state index in [0.29, 0.717) is 16.4 Å². The van der Waals surface area contributed by atoms with Gasteiger partial charge in [0.25, 0.3) is 0 Å². The zero-order valence-corrected chi connectivity index (χ0v) is 12.0. The number of carbonyl (C=O) groups is 2. The summed E-state index contributed by atoms with van der Waals surface area (Å²) in [6.45, 7) is 0. The van der Waals surface area contributed by atoms with Gasteiger partial charge in [0.1, 0.15) is 0 Å². The van der Waals surface area contributed by atoms with Crippen LogP contribution in [0.1, 0.15) is 10.4 Å². The third-order valence-electron chi connectivity index (χ3n) is 2.90. The normalized spacial score (nSPS) is 10.0. The third kappa shape index (κ3) is 3.73. The van der Waals surface area contributed by atoms with Gasteiger partial charge in [-0.05, 0) is 48.5 Å². The first-order valence-corrected chi connectivity index (χ1v) is 6.49. The quantitative estimate of drug-likeness (QED) is 0.908. The van der Waals surface area contributed by atoms with Crippen molar-refractivity contribution in [1.82, 2.24) is 0 Å². The summed E-state index contributed by atoms with van der Waals surface area (Å²) in [4.78, 5) is 24.3. The second-order valence-corrected chi connectivity index (χ2v) is 4.78. The molecule has 0 fully saturated rings. The van der Waals surface area contributed by atoms with Crippen molar-refractivity contribution in [1.29, 1.82) is 0 Å². The van der Waals surface area contributed by atoms with E-state index < -0.39 is 5.97 Å². The van der Waals surface area contributed by atoms with Crippen molar-refractivity contribution < 1.29 is 14.7 Å². The minimum Gasteiger partial charge on any atom is -0.478 e. The Hall–Kier alpha value is -2.53. The van der Waals surface area contributed by atoms with Crippen LogP contribution in [0.2, 0.25) is 5.02 Å². The number of benzene rings is 2. The highest BCUT2D eigenvalue weighted by Crippen LogP contribution is 2.17. The smallest absolute Gasteiger partial charge is 0.335 e. The lowest BCUT2D eigenvalue weighted by Crippen LogP contribution is -2.31. The number of carbonyl (C=O) groups excluding carboxylic acids is 1. The topological polar surface area (TPSA) is 69.6 Å². The second-order valence-electron chi connectivity index (χ2n) is 4.35. The molecule has 0 saturated carbocycles. The van der Waals surface area contributed by atoms with Crippen molar-refractivity contribution in [2.24, 2.45) is 0 Å². The number of carboxylic acid groups (broad SMARTS) is 1. The summed E-state index contributed by atoms with van der Waals surface area (Å²) in [5.74, 6) is -1.00. The van der Waals surface area contributed by atoms with Crippen LogP contribution in [0.5, 0.6) is 0 Å². The molecule has 21 heavy (non-hydrogen) atoms. The van der Waals surface area contributed by atoms with Crippen molar-refractivity contribution in [3.63, 3.8) is 0 Å². The average molecular weight is 305 g/mol. The molecule has 0 aliphatic rings. The summed E-state index contributed by atoms with van der Waals surface area (Å²) in [6, 6.07) is 12.5. The number of aromatic carboxylic acids is 1. The number of amides is 2. The van der Waals surface area contributed by atoms with Crippen molar-refractivity contribution in [2.45, 2.75) is 0 Å². The number of halogens is 1. The number of carboxylic acids is 1. The van der Waals surface area contributed by atoms with Crippen molar-refractivity contribution in [3.8, 4) is 0 Å². The van der Waals surface area contributed by atoms with Gasteiger partial charge in [-0.2, -0.15) is 0 Å². The van der Waals surface area contributed by atoms with Crippen molar-refractivity contribution in [3.05, 3.63) is 59.1 Å². The second kappa shape index (κ2) is 6.28. The fourth-order valence-corrected chi connectivity index (χ4v) is 1.81. The number of hydrogen-bond acceptors (Lipinski definition) is 2.